The molecular weight excluding hydrogens is 475 g/mol. The van der Waals surface area contributed by atoms with E-state index >= 15 is 0 Å². The molecule has 3 N–H and O–H groups in total. The van der Waals surface area contributed by atoms with Gasteiger partial charge in [0.1, 0.15) is 22.7 Å². The average molecular weight is 490 g/mol. The van der Waals surface area contributed by atoms with Crippen molar-refractivity contribution in [3.63, 3.8) is 0 Å². The quantitative estimate of drug-likeness (QED) is 0.364. The van der Waals surface area contributed by atoms with Crippen LogP contribution in [0.3, 0.4) is 0 Å². The van der Waals surface area contributed by atoms with Crippen LogP contribution in [-0.4, -0.2) is 33.8 Å². The number of fused-ring (bicyclic) bond motifs is 1. The fraction of sp³-hybridized carbons (Fsp3) is 0.0909. The topological polar surface area (TPSA) is 109 Å². The number of nitrogens with one attached hydrogen (secondary N) is 3. The lowest BCUT2D eigenvalue weighted by Gasteiger charge is -2.08. The third-order valence-electron chi connectivity index (χ3n) is 4.63. The Labute approximate surface area is 195 Å². The highest BCUT2D eigenvalue weighted by molar-refractivity contribution is 6.31. The third-order valence-corrected chi connectivity index (χ3v) is 4.85. The summed E-state index contributed by atoms with van der Waals surface area (Å²) in [4.78, 5) is 34.7. The number of benzene rings is 2. The van der Waals surface area contributed by atoms with Crippen molar-refractivity contribution in [3.8, 4) is 11.5 Å². The fourth-order valence-corrected chi connectivity index (χ4v) is 3.29. The number of ether oxygens (including phenoxy) is 1. The number of anilines is 1. The minimum absolute atomic E-state index is 0.0346. The number of nitrogens with zero attached hydrogens (tertiary/aromatic N) is 2. The highest BCUT2D eigenvalue weighted by Gasteiger charge is 2.34. The van der Waals surface area contributed by atoms with Crippen LogP contribution >= 0.6 is 11.6 Å². The first-order valence-corrected chi connectivity index (χ1v) is 10.1. The van der Waals surface area contributed by atoms with Gasteiger partial charge < -0.3 is 15.0 Å². The van der Waals surface area contributed by atoms with Gasteiger partial charge >= 0.3 is 6.18 Å². The van der Waals surface area contributed by atoms with E-state index in [-0.39, 0.29) is 39.2 Å². The van der Waals surface area contributed by atoms with Crippen molar-refractivity contribution in [1.29, 1.82) is 0 Å². The highest BCUT2D eigenvalue weighted by atomic mass is 35.5. The first-order chi connectivity index (χ1) is 16.1. The van der Waals surface area contributed by atoms with E-state index in [1.807, 2.05) is 0 Å². The summed E-state index contributed by atoms with van der Waals surface area (Å²) < 4.78 is 45.5. The van der Waals surface area contributed by atoms with Gasteiger partial charge in [-0.3, -0.25) is 19.9 Å². The number of carbonyl (C=O) groups is 2. The van der Waals surface area contributed by atoms with E-state index in [0.717, 1.165) is 6.07 Å². The molecule has 4 rings (SSSR count). The smallest absolute Gasteiger partial charge is 0.418 e. The maximum atomic E-state index is 13.3. The Bertz CT molecular complexity index is 1390. The molecule has 2 amide bonds. The molecule has 0 bridgehead atoms. The van der Waals surface area contributed by atoms with Crippen molar-refractivity contribution in [2.75, 3.05) is 12.4 Å². The summed E-state index contributed by atoms with van der Waals surface area (Å²) in [6, 6.07) is 11.1. The van der Waals surface area contributed by atoms with Crippen LogP contribution in [0.4, 0.5) is 19.1 Å². The average Bonchev–Trinajstić information content (AvgIpc) is 3.19. The van der Waals surface area contributed by atoms with E-state index in [1.165, 1.54) is 49.6 Å². The number of carbonyl (C=O) groups excluding carboxylic acids is 2. The molecule has 0 unspecified atom stereocenters. The summed E-state index contributed by atoms with van der Waals surface area (Å²) in [6.07, 6.45) is -3.24. The van der Waals surface area contributed by atoms with E-state index in [4.69, 9.17) is 16.3 Å². The zero-order chi connectivity index (χ0) is 24.5. The predicted octanol–water partition coefficient (Wildman–Crippen LogP) is 5.03. The first-order valence-electron chi connectivity index (χ1n) is 9.68. The van der Waals surface area contributed by atoms with E-state index in [1.54, 1.807) is 6.07 Å². The lowest BCUT2D eigenvalue weighted by molar-refractivity contribution is -0.136. The second-order valence-electron chi connectivity index (χ2n) is 6.97. The van der Waals surface area contributed by atoms with Crippen LogP contribution < -0.4 is 15.4 Å². The van der Waals surface area contributed by atoms with Crippen LogP contribution in [-0.2, 0) is 6.18 Å². The highest BCUT2D eigenvalue weighted by Crippen LogP contribution is 2.36. The maximum absolute atomic E-state index is 13.3. The number of aromatic nitrogens is 3. The second-order valence-corrected chi connectivity index (χ2v) is 7.41. The van der Waals surface area contributed by atoms with Crippen LogP contribution in [0.5, 0.6) is 11.5 Å². The molecule has 34 heavy (non-hydrogen) atoms. The van der Waals surface area contributed by atoms with Gasteiger partial charge in [0, 0.05) is 29.9 Å². The van der Waals surface area contributed by atoms with Crippen LogP contribution in [0.1, 0.15) is 26.4 Å². The minimum Gasteiger partial charge on any atom is -0.457 e. The standard InChI is InChI=1S/C22H15ClF3N5O3/c1-27-20(33)17-10-14(6-7-28-17)34-13-4-2-11(3-5-13)19(32)31-21-29-16-9-12(23)8-15(18(16)30-21)22(24,25)26/h2-10H,1H3,(H,27,33)(H2,29,30,31,32). The van der Waals surface area contributed by atoms with Crippen LogP contribution in [0.2, 0.25) is 5.02 Å². The lowest BCUT2D eigenvalue weighted by atomic mass is 10.2. The Morgan fingerprint density at radius 2 is 1.76 bits per heavy atom. The monoisotopic (exact) mass is 489 g/mol. The number of aromatic amines is 1. The molecule has 0 aliphatic heterocycles. The zero-order valence-electron chi connectivity index (χ0n) is 17.3. The van der Waals surface area contributed by atoms with Crippen LogP contribution in [0, 0.1) is 0 Å². The summed E-state index contributed by atoms with van der Waals surface area (Å²) in [6.45, 7) is 0. The second kappa shape index (κ2) is 9.02. The summed E-state index contributed by atoms with van der Waals surface area (Å²) in [5, 5.41) is 4.78. The Balaban J connectivity index is 1.49. The number of alkyl halides is 3. The molecule has 0 fully saturated rings. The molecule has 0 aliphatic rings. The van der Waals surface area contributed by atoms with Gasteiger partial charge in [-0.25, -0.2) is 4.98 Å². The molecule has 0 saturated heterocycles. The van der Waals surface area contributed by atoms with E-state index in [9.17, 15) is 22.8 Å². The number of rotatable bonds is 5. The number of pyridine rings is 1. The Kier molecular flexibility index (Phi) is 6.12. The molecule has 4 aromatic rings. The lowest BCUT2D eigenvalue weighted by Crippen LogP contribution is -2.18. The summed E-state index contributed by atoms with van der Waals surface area (Å²) in [7, 11) is 1.48. The number of amides is 2. The van der Waals surface area contributed by atoms with Gasteiger partial charge in [-0.05, 0) is 42.5 Å². The summed E-state index contributed by atoms with van der Waals surface area (Å²) >= 11 is 5.77. The number of hydrogen-bond donors (Lipinski definition) is 3. The van der Waals surface area contributed by atoms with Gasteiger partial charge in [0.25, 0.3) is 11.8 Å². The number of imidazole rings is 1. The third kappa shape index (κ3) is 4.94. The molecule has 174 valence electrons. The minimum atomic E-state index is -4.66. The van der Waals surface area contributed by atoms with E-state index in [0.29, 0.717) is 11.5 Å². The van der Waals surface area contributed by atoms with Gasteiger partial charge in [-0.15, -0.1) is 0 Å². The largest absolute Gasteiger partial charge is 0.457 e. The number of H-pyrrole nitrogens is 1. The van der Waals surface area contributed by atoms with Gasteiger partial charge in [-0.2, -0.15) is 13.2 Å². The molecule has 2 heterocycles. The van der Waals surface area contributed by atoms with Gasteiger partial charge in [-0.1, -0.05) is 11.6 Å². The molecule has 2 aromatic carbocycles. The van der Waals surface area contributed by atoms with Crippen molar-refractivity contribution in [3.05, 3.63) is 76.6 Å². The van der Waals surface area contributed by atoms with Crippen molar-refractivity contribution in [1.82, 2.24) is 20.3 Å². The van der Waals surface area contributed by atoms with Gasteiger partial charge in [0.15, 0.2) is 0 Å². The van der Waals surface area contributed by atoms with Gasteiger partial charge in [0.05, 0.1) is 11.1 Å². The van der Waals surface area contributed by atoms with Gasteiger partial charge in [0.2, 0.25) is 5.95 Å². The number of halogens is 4. The molecule has 0 aliphatic carbocycles. The van der Waals surface area contributed by atoms with Crippen molar-refractivity contribution in [2.45, 2.75) is 6.18 Å². The summed E-state index contributed by atoms with van der Waals surface area (Å²) in [5.74, 6) is -0.374. The van der Waals surface area contributed by atoms with Crippen molar-refractivity contribution in [2.24, 2.45) is 0 Å². The normalized spacial score (nSPS) is 11.3. The molecule has 0 spiro atoms. The SMILES string of the molecule is CNC(=O)c1cc(Oc2ccc(C(=O)Nc3nc4c(C(F)(F)F)cc(Cl)cc4[nH]3)cc2)ccn1. The molecule has 0 radical (unpaired) electrons. The van der Waals surface area contributed by atoms with E-state index in [2.05, 4.69) is 25.6 Å². The fourth-order valence-electron chi connectivity index (χ4n) is 3.07. The first kappa shape index (κ1) is 23.1. The zero-order valence-corrected chi connectivity index (χ0v) is 18.1. The van der Waals surface area contributed by atoms with Crippen molar-refractivity contribution < 1.29 is 27.5 Å². The molecule has 0 saturated carbocycles. The van der Waals surface area contributed by atoms with Crippen LogP contribution in [0.15, 0.2) is 54.7 Å². The molecular formula is C22H15ClF3N5O3. The molecule has 8 nitrogen and oxygen atoms in total. The Hall–Kier alpha value is -4.12. The molecule has 12 heteroatoms. The van der Waals surface area contributed by atoms with Crippen LogP contribution in [0.25, 0.3) is 11.0 Å². The predicted molar refractivity (Wildman–Crippen MR) is 118 cm³/mol. The Morgan fingerprint density at radius 1 is 1.03 bits per heavy atom. The van der Waals surface area contributed by atoms with Crippen molar-refractivity contribution >= 4 is 40.4 Å². The number of hydrogen-bond acceptors (Lipinski definition) is 5. The van der Waals surface area contributed by atoms with E-state index < -0.39 is 17.6 Å². The molecule has 0 atom stereocenters. The molecule has 2 aromatic heterocycles. The summed E-state index contributed by atoms with van der Waals surface area (Å²) in [5.41, 5.74) is -0.944. The maximum Gasteiger partial charge on any atom is 0.418 e. The Morgan fingerprint density at radius 3 is 2.44 bits per heavy atom.